The van der Waals surface area contributed by atoms with Gasteiger partial charge in [0.2, 0.25) is 0 Å². The van der Waals surface area contributed by atoms with Gasteiger partial charge in [0.1, 0.15) is 0 Å². The van der Waals surface area contributed by atoms with E-state index in [0.29, 0.717) is 0 Å². The van der Waals surface area contributed by atoms with Crippen molar-refractivity contribution < 1.29 is 38.0 Å². The van der Waals surface area contributed by atoms with Crippen LogP contribution in [-0.4, -0.2) is 91.4 Å². The molecule has 4 N–H and O–H groups in total. The summed E-state index contributed by atoms with van der Waals surface area (Å²) < 4.78 is 41.2. The maximum absolute atomic E-state index is 13.2. The van der Waals surface area contributed by atoms with Crippen LogP contribution < -0.4 is 10.4 Å². The Bertz CT molecular complexity index is 581. The quantitative estimate of drug-likeness (QED) is 0.333. The van der Waals surface area contributed by atoms with Gasteiger partial charge in [-0.1, -0.05) is 13.8 Å². The molecule has 0 aromatic heterocycles. The highest BCUT2D eigenvalue weighted by Crippen LogP contribution is 2.45. The third kappa shape index (κ3) is 6.68. The molecule has 10 nitrogen and oxygen atoms in total. The second kappa shape index (κ2) is 11.1. The van der Waals surface area contributed by atoms with Crippen molar-refractivity contribution in [3.63, 3.8) is 0 Å². The highest BCUT2D eigenvalue weighted by atomic mass is 31.2. The molecule has 2 heterocycles. The van der Waals surface area contributed by atoms with Crippen molar-refractivity contribution in [1.29, 1.82) is 0 Å². The molecule has 2 aliphatic rings. The van der Waals surface area contributed by atoms with E-state index in [9.17, 15) is 14.8 Å². The molecule has 0 spiro atoms. The molecule has 0 aromatic carbocycles. The van der Waals surface area contributed by atoms with Gasteiger partial charge < -0.3 is 34.3 Å². The summed E-state index contributed by atoms with van der Waals surface area (Å²) in [6.07, 6.45) is -3.48. The van der Waals surface area contributed by atoms with Crippen molar-refractivity contribution in [2.45, 2.75) is 102 Å². The Morgan fingerprint density at radius 3 is 2.00 bits per heavy atom. The van der Waals surface area contributed by atoms with Crippen LogP contribution in [0.15, 0.2) is 0 Å². The lowest BCUT2D eigenvalue weighted by Crippen LogP contribution is -2.49. The van der Waals surface area contributed by atoms with E-state index in [4.69, 9.17) is 23.3 Å². The number of aliphatic hydroxyl groups is 2. The topological polar surface area (TPSA) is 128 Å². The minimum Gasteiger partial charge on any atom is -0.389 e. The molecule has 2 aliphatic heterocycles. The Labute approximate surface area is 179 Å². The molecule has 0 aromatic rings. The second-order valence-electron chi connectivity index (χ2n) is 8.60. The molecule has 178 valence electrons. The first kappa shape index (κ1) is 26.1. The van der Waals surface area contributed by atoms with Crippen LogP contribution in [0.2, 0.25) is 0 Å². The summed E-state index contributed by atoms with van der Waals surface area (Å²) in [7, 11) is -2.51. The molecule has 0 saturated carbocycles. The maximum atomic E-state index is 13.2. The number of rotatable bonds is 11. The molecule has 11 heteroatoms. The predicted octanol–water partition coefficient (Wildman–Crippen LogP) is 0.804. The van der Waals surface area contributed by atoms with E-state index in [-0.39, 0.29) is 37.5 Å². The summed E-state index contributed by atoms with van der Waals surface area (Å²) in [6, 6.07) is -0.927. The number of nitrogens with one attached hydrogen (secondary N) is 2. The SMILES string of the molecule is COP(=O)(NC1C(O)[C@H](C)O[C@@H]1COC(C)C)OC[C@H]1O[C@@H](C)C(O)C1NC(C)C. The van der Waals surface area contributed by atoms with Crippen LogP contribution in [0.1, 0.15) is 41.5 Å². The summed E-state index contributed by atoms with van der Waals surface area (Å²) in [5.41, 5.74) is 0. The van der Waals surface area contributed by atoms with Crippen LogP contribution in [-0.2, 0) is 27.8 Å². The van der Waals surface area contributed by atoms with E-state index < -0.39 is 44.3 Å². The van der Waals surface area contributed by atoms with E-state index >= 15 is 0 Å². The Hall–Kier alpha value is -0.130. The molecule has 0 amide bonds. The van der Waals surface area contributed by atoms with Crippen LogP contribution >= 0.6 is 7.75 Å². The lowest BCUT2D eigenvalue weighted by Gasteiger charge is -2.28. The lowest BCUT2D eigenvalue weighted by molar-refractivity contribution is -0.0375. The Balaban J connectivity index is 2.03. The third-order valence-corrected chi connectivity index (χ3v) is 6.94. The normalized spacial score (nSPS) is 39.2. The largest absolute Gasteiger partial charge is 0.405 e. The van der Waals surface area contributed by atoms with Crippen LogP contribution in [0.3, 0.4) is 0 Å². The van der Waals surface area contributed by atoms with Crippen molar-refractivity contribution in [3.05, 3.63) is 0 Å². The van der Waals surface area contributed by atoms with Gasteiger partial charge >= 0.3 is 7.75 Å². The number of hydrogen-bond acceptors (Lipinski definition) is 9. The van der Waals surface area contributed by atoms with E-state index in [1.165, 1.54) is 7.11 Å². The Morgan fingerprint density at radius 2 is 1.50 bits per heavy atom. The minimum absolute atomic E-state index is 0.00824. The van der Waals surface area contributed by atoms with Crippen LogP contribution in [0.4, 0.5) is 0 Å². The molecule has 30 heavy (non-hydrogen) atoms. The summed E-state index contributed by atoms with van der Waals surface area (Å²) >= 11 is 0. The highest BCUT2D eigenvalue weighted by Gasteiger charge is 2.47. The number of aliphatic hydroxyl groups excluding tert-OH is 2. The highest BCUT2D eigenvalue weighted by molar-refractivity contribution is 7.51. The second-order valence-corrected chi connectivity index (χ2v) is 10.5. The fraction of sp³-hybridized carbons (Fsp3) is 1.00. The van der Waals surface area contributed by atoms with Gasteiger partial charge in [-0.25, -0.2) is 9.65 Å². The molecular weight excluding hydrogens is 415 g/mol. The summed E-state index contributed by atoms with van der Waals surface area (Å²) in [5, 5.41) is 27.0. The Morgan fingerprint density at radius 1 is 0.967 bits per heavy atom. The minimum atomic E-state index is -3.79. The predicted molar refractivity (Wildman–Crippen MR) is 111 cm³/mol. The fourth-order valence-corrected chi connectivity index (χ4v) is 5.04. The van der Waals surface area contributed by atoms with Crippen molar-refractivity contribution in [1.82, 2.24) is 10.4 Å². The van der Waals surface area contributed by atoms with Gasteiger partial charge in [-0.05, 0) is 27.7 Å². The van der Waals surface area contributed by atoms with E-state index in [1.807, 2.05) is 27.7 Å². The Kier molecular flexibility index (Phi) is 9.70. The molecule has 0 radical (unpaired) electrons. The molecule has 9 atom stereocenters. The van der Waals surface area contributed by atoms with Gasteiger partial charge in [-0.3, -0.25) is 4.52 Å². The van der Waals surface area contributed by atoms with E-state index in [2.05, 4.69) is 10.4 Å². The van der Waals surface area contributed by atoms with Gasteiger partial charge in [0.15, 0.2) is 0 Å². The standard InChI is InChI=1S/C19H39N2O8P/c1-10(2)20-16-15(29-12(5)18(16)22)9-27-30(24,25-7)21-17-14(8-26-11(3)4)28-13(6)19(17)23/h10-20,22-23H,8-9H2,1-7H3,(H,21,24)/t12-,13-,14+,15+,16?,17?,18?,19?,30?/m0/s1. The first-order chi connectivity index (χ1) is 14.0. The van der Waals surface area contributed by atoms with E-state index in [1.54, 1.807) is 13.8 Å². The summed E-state index contributed by atoms with van der Waals surface area (Å²) in [4.78, 5) is 0. The molecule has 0 aliphatic carbocycles. The number of hydrogen-bond donors (Lipinski definition) is 4. The third-order valence-electron chi connectivity index (χ3n) is 5.35. The summed E-state index contributed by atoms with van der Waals surface area (Å²) in [6.45, 7) is 11.4. The van der Waals surface area contributed by atoms with Crippen molar-refractivity contribution in [2.24, 2.45) is 0 Å². The number of ether oxygens (including phenoxy) is 3. The summed E-state index contributed by atoms with van der Waals surface area (Å²) in [5.74, 6) is 0. The van der Waals surface area contributed by atoms with Crippen LogP contribution in [0.5, 0.6) is 0 Å². The average Bonchev–Trinajstić information content (AvgIpc) is 3.09. The van der Waals surface area contributed by atoms with E-state index in [0.717, 1.165) is 0 Å². The van der Waals surface area contributed by atoms with Gasteiger partial charge in [0.05, 0.1) is 68.0 Å². The van der Waals surface area contributed by atoms with Gasteiger partial charge in [-0.15, -0.1) is 0 Å². The first-order valence-corrected chi connectivity index (χ1v) is 12.1. The van der Waals surface area contributed by atoms with Crippen LogP contribution in [0, 0.1) is 0 Å². The monoisotopic (exact) mass is 454 g/mol. The molecule has 0 bridgehead atoms. The molecule has 2 saturated heterocycles. The van der Waals surface area contributed by atoms with Crippen molar-refractivity contribution >= 4 is 7.75 Å². The molecule has 5 unspecified atom stereocenters. The lowest BCUT2D eigenvalue weighted by atomic mass is 10.0. The van der Waals surface area contributed by atoms with Crippen molar-refractivity contribution in [3.8, 4) is 0 Å². The molecule has 2 rings (SSSR count). The van der Waals surface area contributed by atoms with Crippen molar-refractivity contribution in [2.75, 3.05) is 20.3 Å². The molecule has 2 fully saturated rings. The van der Waals surface area contributed by atoms with Gasteiger partial charge in [0.25, 0.3) is 0 Å². The fourth-order valence-electron chi connectivity index (χ4n) is 3.73. The zero-order chi connectivity index (χ0) is 22.6. The van der Waals surface area contributed by atoms with Gasteiger partial charge in [0, 0.05) is 13.2 Å². The zero-order valence-electron chi connectivity index (χ0n) is 19.0. The zero-order valence-corrected chi connectivity index (χ0v) is 19.9. The smallest absolute Gasteiger partial charge is 0.389 e. The first-order valence-electron chi connectivity index (χ1n) is 10.6. The maximum Gasteiger partial charge on any atom is 0.405 e. The molecular formula is C19H39N2O8P. The average molecular weight is 455 g/mol. The van der Waals surface area contributed by atoms with Crippen LogP contribution in [0.25, 0.3) is 0 Å². The van der Waals surface area contributed by atoms with Gasteiger partial charge in [-0.2, -0.15) is 0 Å².